The molecule has 1 aliphatic heterocycles. The van der Waals surface area contributed by atoms with Crippen molar-refractivity contribution >= 4 is 28.7 Å². The number of carbonyl (C=O) groups excluding carboxylic acids is 2. The van der Waals surface area contributed by atoms with E-state index in [1.807, 2.05) is 0 Å². The van der Waals surface area contributed by atoms with Gasteiger partial charge in [0, 0.05) is 11.8 Å². The average Bonchev–Trinajstić information content (AvgIpc) is 3.30. The van der Waals surface area contributed by atoms with Crippen LogP contribution in [0.25, 0.3) is 0 Å². The number of rotatable bonds is 7. The van der Waals surface area contributed by atoms with E-state index in [-0.39, 0.29) is 16.1 Å². The summed E-state index contributed by atoms with van der Waals surface area (Å²) in [6, 6.07) is 6.59. The molecule has 0 spiro atoms. The van der Waals surface area contributed by atoms with Crippen LogP contribution >= 0.6 is 11.3 Å². The van der Waals surface area contributed by atoms with Crippen LogP contribution in [-0.4, -0.2) is 35.5 Å². The van der Waals surface area contributed by atoms with E-state index in [1.165, 1.54) is 13.2 Å². The van der Waals surface area contributed by atoms with Crippen molar-refractivity contribution in [3.63, 3.8) is 0 Å². The van der Waals surface area contributed by atoms with Gasteiger partial charge in [0.15, 0.2) is 28.9 Å². The maximum atomic E-state index is 14.1. The van der Waals surface area contributed by atoms with Crippen LogP contribution in [0.1, 0.15) is 38.9 Å². The number of anilines is 1. The highest BCUT2D eigenvalue weighted by Gasteiger charge is 2.45. The molecule has 0 radical (unpaired) electrons. The minimum atomic E-state index is -1.17. The molecule has 7 nitrogen and oxygen atoms in total. The van der Waals surface area contributed by atoms with E-state index < -0.39 is 35.1 Å². The van der Waals surface area contributed by atoms with Crippen molar-refractivity contribution in [1.82, 2.24) is 4.98 Å². The van der Waals surface area contributed by atoms with Crippen LogP contribution in [0.4, 0.5) is 14.5 Å². The van der Waals surface area contributed by atoms with Gasteiger partial charge in [0.1, 0.15) is 0 Å². The predicted octanol–water partition coefficient (Wildman–Crippen LogP) is 5.23. The highest BCUT2D eigenvalue weighted by atomic mass is 32.1. The molecule has 4 rings (SSSR count). The number of Topliss-reactive ketones (excluding diaryl/α,β-unsaturated/α-hetero) is 1. The Balaban J connectivity index is 1.93. The fourth-order valence-corrected chi connectivity index (χ4v) is 4.92. The number of benzene rings is 2. The molecule has 1 aromatic heterocycles. The summed E-state index contributed by atoms with van der Waals surface area (Å²) in [6.07, 6.45) is 0. The Bertz CT molecular complexity index is 1370. The average molecular weight is 501 g/mol. The highest BCUT2D eigenvalue weighted by Crippen LogP contribution is 2.44. The monoisotopic (exact) mass is 500 g/mol. The molecule has 0 fully saturated rings. The smallest absolute Gasteiger partial charge is 0.294 e. The molecule has 3 aromatic rings. The third-order valence-corrected chi connectivity index (χ3v) is 6.62. The number of methoxy groups -OCH3 is 1. The Morgan fingerprint density at radius 3 is 2.49 bits per heavy atom. The van der Waals surface area contributed by atoms with Crippen LogP contribution < -0.4 is 14.4 Å². The van der Waals surface area contributed by atoms with Crippen LogP contribution in [0.3, 0.4) is 0 Å². The van der Waals surface area contributed by atoms with E-state index >= 15 is 0 Å². The summed E-state index contributed by atoms with van der Waals surface area (Å²) in [5.74, 6) is -3.76. The molecule has 10 heteroatoms. The molecule has 0 bridgehead atoms. The molecule has 182 valence electrons. The Kier molecular flexibility index (Phi) is 6.58. The molecule has 2 aromatic carbocycles. The minimum Gasteiger partial charge on any atom is -0.503 e. The molecule has 0 saturated heterocycles. The second kappa shape index (κ2) is 9.46. The number of hydrogen-bond acceptors (Lipinski definition) is 7. The molecule has 1 atom stereocenters. The van der Waals surface area contributed by atoms with Gasteiger partial charge in [-0.05, 0) is 50.6 Å². The van der Waals surface area contributed by atoms with Gasteiger partial charge in [-0.3, -0.25) is 14.5 Å². The zero-order valence-electron chi connectivity index (χ0n) is 19.4. The van der Waals surface area contributed by atoms with Crippen LogP contribution in [-0.2, 0) is 4.79 Å². The van der Waals surface area contributed by atoms with Gasteiger partial charge in [-0.1, -0.05) is 6.07 Å². The van der Waals surface area contributed by atoms with Crippen LogP contribution in [0.15, 0.2) is 47.7 Å². The number of ketones is 1. The van der Waals surface area contributed by atoms with Crippen molar-refractivity contribution in [1.29, 1.82) is 0 Å². The van der Waals surface area contributed by atoms with Crippen molar-refractivity contribution in [3.05, 3.63) is 80.5 Å². The van der Waals surface area contributed by atoms with Gasteiger partial charge in [0.2, 0.25) is 5.78 Å². The van der Waals surface area contributed by atoms with Gasteiger partial charge in [0.25, 0.3) is 5.91 Å². The number of amides is 1. The first-order chi connectivity index (χ1) is 16.7. The fourth-order valence-electron chi connectivity index (χ4n) is 4.05. The number of carbonyl (C=O) groups is 2. The lowest BCUT2D eigenvalue weighted by molar-refractivity contribution is -0.117. The Morgan fingerprint density at radius 1 is 1.14 bits per heavy atom. The molecule has 1 N–H and O–H groups in total. The van der Waals surface area contributed by atoms with Crippen LogP contribution in [0, 0.1) is 25.5 Å². The molecule has 1 amide bonds. The van der Waals surface area contributed by atoms with Gasteiger partial charge in [-0.15, -0.1) is 11.3 Å². The summed E-state index contributed by atoms with van der Waals surface area (Å²) in [5, 5.41) is 11.5. The predicted molar refractivity (Wildman–Crippen MR) is 126 cm³/mol. The lowest BCUT2D eigenvalue weighted by Crippen LogP contribution is -2.31. The standard InChI is InChI=1S/C25H22F2N2O5S/c1-5-34-19-10-14(6-9-18(19)33-4)21-20(22(30)24-12(2)28-13(3)35-24)23(31)25(32)29(21)15-7-8-16(26)17(27)11-15/h6-11,21,31H,5H2,1-4H3. The number of aryl methyl sites for hydroxylation is 2. The quantitative estimate of drug-likeness (QED) is 0.447. The van der Waals surface area contributed by atoms with Crippen molar-refractivity contribution < 1.29 is 33.0 Å². The normalized spacial score (nSPS) is 15.7. The van der Waals surface area contributed by atoms with E-state index in [2.05, 4.69) is 4.98 Å². The zero-order chi connectivity index (χ0) is 25.4. The molecule has 0 saturated carbocycles. The first-order valence-electron chi connectivity index (χ1n) is 10.7. The molecule has 1 unspecified atom stereocenters. The van der Waals surface area contributed by atoms with Crippen molar-refractivity contribution in [2.45, 2.75) is 26.8 Å². The van der Waals surface area contributed by atoms with Gasteiger partial charge >= 0.3 is 0 Å². The number of aromatic nitrogens is 1. The number of thiazole rings is 1. The summed E-state index contributed by atoms with van der Waals surface area (Å²) in [7, 11) is 1.47. The number of aliphatic hydroxyl groups is 1. The number of ether oxygens (including phenoxy) is 2. The lowest BCUT2D eigenvalue weighted by atomic mass is 9.94. The second-order valence-electron chi connectivity index (χ2n) is 7.76. The lowest BCUT2D eigenvalue weighted by Gasteiger charge is -2.27. The molecular weight excluding hydrogens is 478 g/mol. The first kappa shape index (κ1) is 24.3. The van der Waals surface area contributed by atoms with E-state index in [9.17, 15) is 23.5 Å². The molecule has 1 aliphatic rings. The van der Waals surface area contributed by atoms with Crippen molar-refractivity contribution in [3.8, 4) is 11.5 Å². The summed E-state index contributed by atoms with van der Waals surface area (Å²) in [6.45, 7) is 5.51. The van der Waals surface area contributed by atoms with Crippen molar-refractivity contribution in [2.24, 2.45) is 0 Å². The van der Waals surface area contributed by atoms with Crippen molar-refractivity contribution in [2.75, 3.05) is 18.6 Å². The Hall–Kier alpha value is -3.79. The van der Waals surface area contributed by atoms with Crippen LogP contribution in [0.5, 0.6) is 11.5 Å². The van der Waals surface area contributed by atoms with E-state index in [0.29, 0.717) is 34.4 Å². The van der Waals surface area contributed by atoms with Gasteiger partial charge in [-0.2, -0.15) is 0 Å². The maximum Gasteiger partial charge on any atom is 0.294 e. The van der Waals surface area contributed by atoms with E-state index in [1.54, 1.807) is 39.0 Å². The summed E-state index contributed by atoms with van der Waals surface area (Å²) in [5.41, 5.74) is 0.636. The number of halogens is 2. The summed E-state index contributed by atoms with van der Waals surface area (Å²) >= 11 is 1.14. The fraction of sp³-hybridized carbons (Fsp3) is 0.240. The first-order valence-corrected chi connectivity index (χ1v) is 11.5. The summed E-state index contributed by atoms with van der Waals surface area (Å²) < 4.78 is 38.8. The minimum absolute atomic E-state index is 0.0285. The zero-order valence-corrected chi connectivity index (χ0v) is 20.2. The second-order valence-corrected chi connectivity index (χ2v) is 8.96. The van der Waals surface area contributed by atoms with Gasteiger partial charge in [0.05, 0.1) is 40.9 Å². The van der Waals surface area contributed by atoms with E-state index in [0.717, 1.165) is 28.4 Å². The summed E-state index contributed by atoms with van der Waals surface area (Å²) in [4.78, 5) is 32.5. The Morgan fingerprint density at radius 2 is 1.89 bits per heavy atom. The topological polar surface area (TPSA) is 89.0 Å². The molecule has 2 heterocycles. The number of aliphatic hydroxyl groups excluding tert-OH is 1. The third kappa shape index (κ3) is 4.25. The number of nitrogens with zero attached hydrogens (tertiary/aromatic N) is 2. The SMILES string of the molecule is CCOc1cc(C2C(C(=O)c3sc(C)nc3C)=C(O)C(=O)N2c2ccc(F)c(F)c2)ccc1OC. The largest absolute Gasteiger partial charge is 0.503 e. The van der Waals surface area contributed by atoms with Gasteiger partial charge in [-0.25, -0.2) is 13.8 Å². The van der Waals surface area contributed by atoms with Crippen LogP contribution in [0.2, 0.25) is 0 Å². The van der Waals surface area contributed by atoms with Gasteiger partial charge < -0.3 is 14.6 Å². The molecule has 0 aliphatic carbocycles. The third-order valence-electron chi connectivity index (χ3n) is 5.55. The molecule has 35 heavy (non-hydrogen) atoms. The van der Waals surface area contributed by atoms with E-state index in [4.69, 9.17) is 9.47 Å². The number of hydrogen-bond donors (Lipinski definition) is 1. The maximum absolute atomic E-state index is 14.1. The highest BCUT2D eigenvalue weighted by molar-refractivity contribution is 7.14. The molecular formula is C25H22F2N2O5S. The Labute approximate surface area is 204 Å².